The SMILES string of the molecule is CC(Nc1ncnc2nc(N)ccc12)c1ccc(NC(=O)C2CC2)cc1. The topological polar surface area (TPSA) is 106 Å². The highest BCUT2D eigenvalue weighted by atomic mass is 16.2. The predicted molar refractivity (Wildman–Crippen MR) is 102 cm³/mol. The van der Waals surface area contributed by atoms with Gasteiger partial charge in [0, 0.05) is 17.6 Å². The Morgan fingerprint density at radius 3 is 2.65 bits per heavy atom. The number of hydrogen-bond acceptors (Lipinski definition) is 6. The molecule has 1 aromatic carbocycles. The van der Waals surface area contributed by atoms with Crippen molar-refractivity contribution in [2.24, 2.45) is 5.92 Å². The molecule has 1 aliphatic carbocycles. The van der Waals surface area contributed by atoms with Crippen LogP contribution < -0.4 is 16.4 Å². The molecule has 7 heteroatoms. The summed E-state index contributed by atoms with van der Waals surface area (Å²) in [5, 5.41) is 7.16. The molecule has 7 nitrogen and oxygen atoms in total. The lowest BCUT2D eigenvalue weighted by atomic mass is 10.1. The van der Waals surface area contributed by atoms with Crippen molar-refractivity contribution in [3.05, 3.63) is 48.3 Å². The van der Waals surface area contributed by atoms with E-state index in [1.165, 1.54) is 6.33 Å². The first-order valence-corrected chi connectivity index (χ1v) is 8.65. The van der Waals surface area contributed by atoms with Gasteiger partial charge in [-0.05, 0) is 49.6 Å². The third-order valence-electron chi connectivity index (χ3n) is 4.50. The Bertz CT molecular complexity index is 952. The van der Waals surface area contributed by atoms with E-state index < -0.39 is 0 Å². The Kier molecular flexibility index (Phi) is 4.12. The smallest absolute Gasteiger partial charge is 0.227 e. The van der Waals surface area contributed by atoms with E-state index in [0.717, 1.165) is 29.5 Å². The predicted octanol–water partition coefficient (Wildman–Crippen LogP) is 3.13. The molecule has 2 heterocycles. The monoisotopic (exact) mass is 348 g/mol. The summed E-state index contributed by atoms with van der Waals surface area (Å²) in [5.41, 5.74) is 8.19. The number of nitrogens with one attached hydrogen (secondary N) is 2. The summed E-state index contributed by atoms with van der Waals surface area (Å²) in [6.45, 7) is 2.05. The molecule has 1 amide bonds. The Labute approximate surface area is 151 Å². The Morgan fingerprint density at radius 1 is 1.15 bits per heavy atom. The van der Waals surface area contributed by atoms with Gasteiger partial charge in [-0.15, -0.1) is 0 Å². The van der Waals surface area contributed by atoms with Gasteiger partial charge in [-0.25, -0.2) is 15.0 Å². The maximum Gasteiger partial charge on any atom is 0.227 e. The number of amides is 1. The van der Waals surface area contributed by atoms with E-state index in [9.17, 15) is 4.79 Å². The summed E-state index contributed by atoms with van der Waals surface area (Å²) >= 11 is 0. The summed E-state index contributed by atoms with van der Waals surface area (Å²) < 4.78 is 0. The van der Waals surface area contributed by atoms with Crippen molar-refractivity contribution in [3.8, 4) is 0 Å². The largest absolute Gasteiger partial charge is 0.384 e. The van der Waals surface area contributed by atoms with Gasteiger partial charge in [0.05, 0.1) is 5.39 Å². The van der Waals surface area contributed by atoms with Crippen LogP contribution in [-0.2, 0) is 4.79 Å². The van der Waals surface area contributed by atoms with Crippen molar-refractivity contribution >= 4 is 34.3 Å². The van der Waals surface area contributed by atoms with Crippen LogP contribution in [-0.4, -0.2) is 20.9 Å². The molecule has 1 fully saturated rings. The third kappa shape index (κ3) is 3.42. The quantitative estimate of drug-likeness (QED) is 0.654. The van der Waals surface area contributed by atoms with E-state index in [1.807, 2.05) is 30.3 Å². The number of benzene rings is 1. The van der Waals surface area contributed by atoms with Gasteiger partial charge in [-0.2, -0.15) is 0 Å². The van der Waals surface area contributed by atoms with Crippen molar-refractivity contribution in [2.45, 2.75) is 25.8 Å². The zero-order valence-corrected chi connectivity index (χ0v) is 14.4. The number of fused-ring (bicyclic) bond motifs is 1. The average molecular weight is 348 g/mol. The van der Waals surface area contributed by atoms with Crippen LogP contribution in [0, 0.1) is 5.92 Å². The Morgan fingerprint density at radius 2 is 1.92 bits per heavy atom. The zero-order valence-electron chi connectivity index (χ0n) is 14.4. The molecule has 1 saturated carbocycles. The van der Waals surface area contributed by atoms with Gasteiger partial charge in [0.2, 0.25) is 5.91 Å². The van der Waals surface area contributed by atoms with Gasteiger partial charge in [-0.1, -0.05) is 12.1 Å². The minimum absolute atomic E-state index is 0.0267. The number of aromatic nitrogens is 3. The fourth-order valence-electron chi connectivity index (χ4n) is 2.81. The van der Waals surface area contributed by atoms with Crippen molar-refractivity contribution in [1.82, 2.24) is 15.0 Å². The minimum atomic E-state index is 0.0267. The fourth-order valence-corrected chi connectivity index (χ4v) is 2.81. The lowest BCUT2D eigenvalue weighted by Crippen LogP contribution is -2.13. The second kappa shape index (κ2) is 6.59. The van der Waals surface area contributed by atoms with Crippen molar-refractivity contribution in [2.75, 3.05) is 16.4 Å². The number of nitrogens with zero attached hydrogens (tertiary/aromatic N) is 3. The van der Waals surface area contributed by atoms with E-state index in [-0.39, 0.29) is 17.9 Å². The van der Waals surface area contributed by atoms with Crippen LogP contribution in [0.25, 0.3) is 11.0 Å². The Hall–Kier alpha value is -3.22. The molecular formula is C19H20N6O. The summed E-state index contributed by atoms with van der Waals surface area (Å²) in [4.78, 5) is 24.5. The number of nitrogens with two attached hydrogens (primary N) is 1. The maximum atomic E-state index is 11.8. The van der Waals surface area contributed by atoms with Crippen LogP contribution in [0.3, 0.4) is 0 Å². The summed E-state index contributed by atoms with van der Waals surface area (Å²) in [7, 11) is 0. The second-order valence-electron chi connectivity index (χ2n) is 6.58. The van der Waals surface area contributed by atoms with Crippen molar-refractivity contribution in [1.29, 1.82) is 0 Å². The normalized spacial score (nSPS) is 14.8. The molecule has 3 aromatic rings. The van der Waals surface area contributed by atoms with E-state index in [2.05, 4.69) is 32.5 Å². The number of rotatable bonds is 5. The third-order valence-corrected chi connectivity index (χ3v) is 4.50. The highest BCUT2D eigenvalue weighted by Gasteiger charge is 2.29. The van der Waals surface area contributed by atoms with Crippen LogP contribution in [0.1, 0.15) is 31.4 Å². The summed E-state index contributed by atoms with van der Waals surface area (Å²) in [6.07, 6.45) is 3.47. The van der Waals surface area contributed by atoms with E-state index in [4.69, 9.17) is 5.73 Å². The van der Waals surface area contributed by atoms with Crippen LogP contribution in [0.2, 0.25) is 0 Å². The molecule has 2 aromatic heterocycles. The number of carbonyl (C=O) groups excluding carboxylic acids is 1. The number of nitrogen functional groups attached to an aromatic ring is 1. The number of hydrogen-bond donors (Lipinski definition) is 3. The van der Waals surface area contributed by atoms with Crippen LogP contribution >= 0.6 is 0 Å². The summed E-state index contributed by atoms with van der Waals surface area (Å²) in [5.74, 6) is 1.45. The minimum Gasteiger partial charge on any atom is -0.384 e. The first-order valence-electron chi connectivity index (χ1n) is 8.65. The van der Waals surface area contributed by atoms with Crippen molar-refractivity contribution < 1.29 is 4.79 Å². The molecule has 0 bridgehead atoms. The van der Waals surface area contributed by atoms with Gasteiger partial charge < -0.3 is 16.4 Å². The zero-order chi connectivity index (χ0) is 18.1. The van der Waals surface area contributed by atoms with Crippen LogP contribution in [0.4, 0.5) is 17.3 Å². The molecular weight excluding hydrogens is 328 g/mol. The van der Waals surface area contributed by atoms with E-state index in [0.29, 0.717) is 17.3 Å². The molecule has 0 radical (unpaired) electrons. The molecule has 4 N–H and O–H groups in total. The van der Waals surface area contributed by atoms with Gasteiger partial charge in [-0.3, -0.25) is 4.79 Å². The standard InChI is InChI=1S/C19H20N6O/c1-11(12-4-6-14(7-5-12)24-19(26)13-2-3-13)23-17-15-8-9-16(20)25-18(15)22-10-21-17/h4-11,13H,2-3H2,1H3,(H,24,26)(H3,20,21,22,23,25). The first kappa shape index (κ1) is 16.3. The van der Waals surface area contributed by atoms with Gasteiger partial charge in [0.15, 0.2) is 5.65 Å². The number of pyridine rings is 1. The molecule has 4 rings (SSSR count). The molecule has 0 saturated heterocycles. The Balaban J connectivity index is 1.49. The maximum absolute atomic E-state index is 11.8. The average Bonchev–Trinajstić information content (AvgIpc) is 3.47. The molecule has 26 heavy (non-hydrogen) atoms. The highest BCUT2D eigenvalue weighted by molar-refractivity contribution is 5.94. The molecule has 1 aliphatic rings. The molecule has 1 atom stereocenters. The lowest BCUT2D eigenvalue weighted by Gasteiger charge is -2.16. The van der Waals surface area contributed by atoms with Gasteiger partial charge in [0.25, 0.3) is 0 Å². The van der Waals surface area contributed by atoms with Gasteiger partial charge in [0.1, 0.15) is 18.0 Å². The van der Waals surface area contributed by atoms with Gasteiger partial charge >= 0.3 is 0 Å². The first-order chi connectivity index (χ1) is 12.6. The second-order valence-corrected chi connectivity index (χ2v) is 6.58. The molecule has 132 valence electrons. The molecule has 0 spiro atoms. The van der Waals surface area contributed by atoms with E-state index in [1.54, 1.807) is 6.07 Å². The molecule has 0 aliphatic heterocycles. The van der Waals surface area contributed by atoms with E-state index >= 15 is 0 Å². The highest BCUT2D eigenvalue weighted by Crippen LogP contribution is 2.30. The van der Waals surface area contributed by atoms with Crippen LogP contribution in [0.15, 0.2) is 42.7 Å². The molecule has 1 unspecified atom stereocenters. The summed E-state index contributed by atoms with van der Waals surface area (Å²) in [6, 6.07) is 11.5. The lowest BCUT2D eigenvalue weighted by molar-refractivity contribution is -0.117. The number of carbonyl (C=O) groups is 1. The van der Waals surface area contributed by atoms with Crippen LogP contribution in [0.5, 0.6) is 0 Å². The fraction of sp³-hybridized carbons (Fsp3) is 0.263. The van der Waals surface area contributed by atoms with Crippen molar-refractivity contribution in [3.63, 3.8) is 0 Å². The number of anilines is 3.